The highest BCUT2D eigenvalue weighted by atomic mass is 19.4. The van der Waals surface area contributed by atoms with Crippen LogP contribution in [0.1, 0.15) is 34.2 Å². The normalized spacial score (nSPS) is 19.6. The molecule has 3 aromatic rings. The fourth-order valence-corrected chi connectivity index (χ4v) is 4.43. The average Bonchev–Trinajstić information content (AvgIpc) is 3.39. The van der Waals surface area contributed by atoms with Gasteiger partial charge in [-0.2, -0.15) is 31.4 Å². The molecule has 4 N–H and O–H groups in total. The van der Waals surface area contributed by atoms with Gasteiger partial charge < -0.3 is 21.1 Å². The molecule has 1 fully saturated rings. The molecule has 1 aliphatic heterocycles. The number of carbonyl (C=O) groups excluding carboxylic acids is 2. The Morgan fingerprint density at radius 3 is 2.35 bits per heavy atom. The van der Waals surface area contributed by atoms with Crippen molar-refractivity contribution in [2.45, 2.75) is 50.9 Å². The summed E-state index contributed by atoms with van der Waals surface area (Å²) in [6.45, 7) is 1.65. The Kier molecular flexibility index (Phi) is 6.93. The molecule has 1 aliphatic rings. The highest BCUT2D eigenvalue weighted by Crippen LogP contribution is 2.39. The van der Waals surface area contributed by atoms with Crippen molar-refractivity contribution in [2.75, 3.05) is 18.8 Å². The number of nitrogens with zero attached hydrogens (tertiary/aromatic N) is 5. The molecule has 40 heavy (non-hydrogen) atoms. The third-order valence-corrected chi connectivity index (χ3v) is 6.63. The third-order valence-electron chi connectivity index (χ3n) is 6.63. The molecule has 216 valence electrons. The molecule has 1 saturated heterocycles. The van der Waals surface area contributed by atoms with E-state index in [9.17, 15) is 45.4 Å². The zero-order chi connectivity index (χ0) is 29.9. The summed E-state index contributed by atoms with van der Waals surface area (Å²) in [4.78, 5) is 33.6. The first-order valence-corrected chi connectivity index (χ1v) is 11.6. The Balaban J connectivity index is 1.66. The van der Waals surface area contributed by atoms with Crippen LogP contribution in [0, 0.1) is 13.8 Å². The lowest BCUT2D eigenvalue weighted by molar-refractivity contribution is -0.249. The number of nitrogen functional groups attached to an aromatic ring is 1. The summed E-state index contributed by atoms with van der Waals surface area (Å²) in [5, 5.41) is 15.8. The van der Waals surface area contributed by atoms with Gasteiger partial charge in [-0.1, -0.05) is 0 Å². The Morgan fingerprint density at radius 1 is 1.10 bits per heavy atom. The van der Waals surface area contributed by atoms with E-state index in [1.165, 1.54) is 19.9 Å². The number of nitrogens with one attached hydrogen (secondary N) is 1. The number of halogens is 7. The van der Waals surface area contributed by atoms with Gasteiger partial charge in [0.15, 0.2) is 5.82 Å². The summed E-state index contributed by atoms with van der Waals surface area (Å²) in [5.74, 6) is -3.17. The highest BCUT2D eigenvalue weighted by Gasteiger charge is 2.58. The first-order chi connectivity index (χ1) is 18.3. The van der Waals surface area contributed by atoms with Crippen LogP contribution < -0.4 is 11.1 Å². The largest absolute Gasteiger partial charge is 0.426 e. The summed E-state index contributed by atoms with van der Waals surface area (Å²) in [6, 6.07) is 0.543. The van der Waals surface area contributed by atoms with Crippen LogP contribution in [0.3, 0.4) is 0 Å². The van der Waals surface area contributed by atoms with Crippen LogP contribution in [0.4, 0.5) is 36.6 Å². The summed E-state index contributed by atoms with van der Waals surface area (Å²) < 4.78 is 96.0. The molecule has 17 heteroatoms. The first kappa shape index (κ1) is 29.0. The zero-order valence-corrected chi connectivity index (χ0v) is 21.0. The number of alkyl halides is 7. The van der Waals surface area contributed by atoms with Crippen molar-refractivity contribution in [1.29, 1.82) is 0 Å². The van der Waals surface area contributed by atoms with Crippen molar-refractivity contribution in [3.8, 4) is 11.3 Å². The number of hydrogen-bond acceptors (Lipinski definition) is 7. The van der Waals surface area contributed by atoms with Gasteiger partial charge in [0.25, 0.3) is 11.8 Å². The van der Waals surface area contributed by atoms with Crippen LogP contribution in [0.2, 0.25) is 0 Å². The van der Waals surface area contributed by atoms with Crippen molar-refractivity contribution in [1.82, 2.24) is 29.8 Å². The number of aryl methyl sites for hydroxylation is 2. The molecule has 0 unspecified atom stereocenters. The van der Waals surface area contributed by atoms with Crippen LogP contribution >= 0.6 is 0 Å². The number of fused-ring (bicyclic) bond motifs is 1. The molecular formula is C23H22F7N7O3. The second-order valence-corrected chi connectivity index (χ2v) is 9.48. The molecule has 0 radical (unpaired) electrons. The molecule has 0 saturated carbocycles. The number of hydrogen-bond donors (Lipinski definition) is 3. The minimum absolute atomic E-state index is 0.0561. The summed E-state index contributed by atoms with van der Waals surface area (Å²) in [5.41, 5.74) is 0.371. The Hall–Kier alpha value is -4.02. The standard InChI is InChI=1S/C23H22F7N7O3/c1-9-11(16-5-13(22(25,26)27)17-18(31)32-8-33-37(16)17)4-12(10(2)34-9)19(38)35-15-7-36(6-14(15)24)20(39)21(3,40)23(28,29)30/h4-5,8,14-15,40H,6-7H2,1-3H3,(H,35,38)(H2,31,32,33)/t14-,15+,21+/m0/s1. The Labute approximate surface area is 221 Å². The molecule has 3 atom stereocenters. The quantitative estimate of drug-likeness (QED) is 0.406. The average molecular weight is 577 g/mol. The van der Waals surface area contributed by atoms with Crippen LogP contribution in [0.25, 0.3) is 16.8 Å². The maximum Gasteiger partial charge on any atom is 0.426 e. The third kappa shape index (κ3) is 4.89. The van der Waals surface area contributed by atoms with Gasteiger partial charge in [0, 0.05) is 17.8 Å². The topological polar surface area (TPSA) is 139 Å². The van der Waals surface area contributed by atoms with Gasteiger partial charge in [0.1, 0.15) is 18.0 Å². The van der Waals surface area contributed by atoms with E-state index in [1.54, 1.807) is 0 Å². The molecule has 10 nitrogen and oxygen atoms in total. The maximum absolute atomic E-state index is 14.7. The number of carbonyl (C=O) groups is 2. The number of pyridine rings is 1. The van der Waals surface area contributed by atoms with E-state index < -0.39 is 72.0 Å². The predicted molar refractivity (Wildman–Crippen MR) is 125 cm³/mol. The number of amides is 2. The fraction of sp³-hybridized carbons (Fsp3) is 0.435. The van der Waals surface area contributed by atoms with E-state index in [0.717, 1.165) is 16.9 Å². The van der Waals surface area contributed by atoms with Crippen LogP contribution in [-0.2, 0) is 11.0 Å². The van der Waals surface area contributed by atoms with Crippen molar-refractivity contribution < 1.29 is 45.4 Å². The lowest BCUT2D eigenvalue weighted by Gasteiger charge is -2.29. The summed E-state index contributed by atoms with van der Waals surface area (Å²) in [7, 11) is 0. The molecular weight excluding hydrogens is 555 g/mol. The van der Waals surface area contributed by atoms with Gasteiger partial charge in [-0.15, -0.1) is 0 Å². The molecule has 0 spiro atoms. The van der Waals surface area contributed by atoms with E-state index in [1.807, 2.05) is 0 Å². The monoisotopic (exact) mass is 577 g/mol. The van der Waals surface area contributed by atoms with Gasteiger partial charge in [-0.3, -0.25) is 14.6 Å². The number of aromatic nitrogens is 4. The van der Waals surface area contributed by atoms with Gasteiger partial charge in [0.05, 0.1) is 35.1 Å². The minimum atomic E-state index is -5.32. The molecule has 4 rings (SSSR count). The lowest BCUT2D eigenvalue weighted by atomic mass is 10.0. The van der Waals surface area contributed by atoms with Crippen molar-refractivity contribution in [2.24, 2.45) is 0 Å². The van der Waals surface area contributed by atoms with E-state index in [4.69, 9.17) is 5.73 Å². The lowest BCUT2D eigenvalue weighted by Crippen LogP contribution is -2.56. The second-order valence-electron chi connectivity index (χ2n) is 9.48. The molecule has 0 aromatic carbocycles. The number of nitrogens with two attached hydrogens (primary N) is 1. The van der Waals surface area contributed by atoms with E-state index in [-0.39, 0.29) is 35.1 Å². The molecule has 4 heterocycles. The van der Waals surface area contributed by atoms with Gasteiger partial charge >= 0.3 is 12.4 Å². The predicted octanol–water partition coefficient (Wildman–Crippen LogP) is 2.60. The zero-order valence-electron chi connectivity index (χ0n) is 21.0. The summed E-state index contributed by atoms with van der Waals surface area (Å²) in [6.07, 6.45) is -11.2. The fourth-order valence-electron chi connectivity index (χ4n) is 4.43. The number of likely N-dealkylation sites (tertiary alicyclic amines) is 1. The highest BCUT2D eigenvalue weighted by molar-refractivity contribution is 5.97. The first-order valence-electron chi connectivity index (χ1n) is 11.6. The number of aliphatic hydroxyl groups is 1. The van der Waals surface area contributed by atoms with Gasteiger partial charge in [-0.25, -0.2) is 13.9 Å². The van der Waals surface area contributed by atoms with Crippen molar-refractivity contribution in [3.63, 3.8) is 0 Å². The number of rotatable bonds is 4. The molecule has 0 bridgehead atoms. The molecule has 2 amide bonds. The maximum atomic E-state index is 14.7. The van der Waals surface area contributed by atoms with Crippen LogP contribution in [-0.4, -0.2) is 78.5 Å². The summed E-state index contributed by atoms with van der Waals surface area (Å²) >= 11 is 0. The smallest absolute Gasteiger partial charge is 0.382 e. The second kappa shape index (κ2) is 9.57. The molecule has 3 aromatic heterocycles. The van der Waals surface area contributed by atoms with E-state index >= 15 is 0 Å². The van der Waals surface area contributed by atoms with Crippen molar-refractivity contribution in [3.05, 3.63) is 41.0 Å². The van der Waals surface area contributed by atoms with Crippen LogP contribution in [0.5, 0.6) is 0 Å². The van der Waals surface area contributed by atoms with E-state index in [2.05, 4.69) is 20.4 Å². The SMILES string of the molecule is Cc1nc(C)c(-c2cc(C(F)(F)F)c3c(N)ncnn23)cc1C(=O)N[C@@H]1CN(C(=O)[C@@](C)(O)C(F)(F)F)C[C@@H]1F. The van der Waals surface area contributed by atoms with Gasteiger partial charge in [0.2, 0.25) is 5.60 Å². The Morgan fingerprint density at radius 2 is 1.75 bits per heavy atom. The Bertz CT molecular complexity index is 1500. The molecule has 0 aliphatic carbocycles. The van der Waals surface area contributed by atoms with E-state index in [0.29, 0.717) is 4.90 Å². The van der Waals surface area contributed by atoms with Crippen molar-refractivity contribution >= 4 is 23.1 Å². The van der Waals surface area contributed by atoms with Crippen LogP contribution in [0.15, 0.2) is 18.5 Å². The number of anilines is 1. The minimum Gasteiger partial charge on any atom is -0.382 e. The van der Waals surface area contributed by atoms with Gasteiger partial charge in [-0.05, 0) is 32.9 Å².